The summed E-state index contributed by atoms with van der Waals surface area (Å²) in [5.41, 5.74) is 5.95. The third-order valence-corrected chi connectivity index (χ3v) is 3.66. The molecule has 1 unspecified atom stereocenters. The fraction of sp³-hybridized carbons (Fsp3) is 1.00. The highest BCUT2D eigenvalue weighted by atomic mass is 16.5. The predicted octanol–water partition coefficient (Wildman–Crippen LogP) is 1.86. The normalized spacial score (nSPS) is 28.3. The van der Waals surface area contributed by atoms with Crippen LogP contribution in [0.5, 0.6) is 0 Å². The minimum Gasteiger partial charge on any atom is -0.384 e. The molecular formula is C13H28N2O. The molecule has 0 aromatic heterocycles. The zero-order valence-electron chi connectivity index (χ0n) is 11.1. The third-order valence-electron chi connectivity index (χ3n) is 3.66. The van der Waals surface area contributed by atoms with Crippen molar-refractivity contribution in [2.24, 2.45) is 11.7 Å². The summed E-state index contributed by atoms with van der Waals surface area (Å²) in [4.78, 5) is 2.61. The lowest BCUT2D eigenvalue weighted by Gasteiger charge is -2.36. The Morgan fingerprint density at radius 2 is 1.94 bits per heavy atom. The molecule has 0 heterocycles. The number of methoxy groups -OCH3 is 1. The van der Waals surface area contributed by atoms with Gasteiger partial charge in [-0.15, -0.1) is 0 Å². The van der Waals surface area contributed by atoms with Crippen LogP contribution in [0.25, 0.3) is 0 Å². The van der Waals surface area contributed by atoms with E-state index in [0.29, 0.717) is 12.0 Å². The molecule has 3 heteroatoms. The van der Waals surface area contributed by atoms with E-state index >= 15 is 0 Å². The fourth-order valence-corrected chi connectivity index (χ4v) is 2.74. The van der Waals surface area contributed by atoms with Crippen LogP contribution in [0, 0.1) is 5.92 Å². The molecule has 0 aliphatic heterocycles. The van der Waals surface area contributed by atoms with Crippen molar-refractivity contribution in [2.45, 2.75) is 51.6 Å². The van der Waals surface area contributed by atoms with Gasteiger partial charge >= 0.3 is 0 Å². The summed E-state index contributed by atoms with van der Waals surface area (Å²) in [7, 11) is 1.78. The van der Waals surface area contributed by atoms with Gasteiger partial charge in [0.25, 0.3) is 0 Å². The Bertz CT molecular complexity index is 179. The summed E-state index contributed by atoms with van der Waals surface area (Å²) < 4.78 is 5.21. The molecule has 1 aliphatic carbocycles. The van der Waals surface area contributed by atoms with Gasteiger partial charge in [-0.25, -0.2) is 0 Å². The maximum atomic E-state index is 5.95. The number of nitrogens with two attached hydrogens (primary N) is 1. The summed E-state index contributed by atoms with van der Waals surface area (Å²) in [6.07, 6.45) is 4.93. The maximum Gasteiger partial charge on any atom is 0.0500 e. The van der Waals surface area contributed by atoms with Crippen molar-refractivity contribution in [3.63, 3.8) is 0 Å². The van der Waals surface area contributed by atoms with Crippen molar-refractivity contribution in [1.29, 1.82) is 0 Å². The van der Waals surface area contributed by atoms with E-state index in [1.54, 1.807) is 7.11 Å². The number of rotatable bonds is 6. The zero-order chi connectivity index (χ0) is 12.0. The first-order valence-electron chi connectivity index (χ1n) is 6.65. The summed E-state index contributed by atoms with van der Waals surface area (Å²) in [5.74, 6) is 0.626. The Balaban J connectivity index is 2.35. The Kier molecular flexibility index (Phi) is 6.32. The van der Waals surface area contributed by atoms with E-state index in [1.807, 2.05) is 0 Å². The van der Waals surface area contributed by atoms with Crippen LogP contribution in [0.15, 0.2) is 0 Å². The van der Waals surface area contributed by atoms with Crippen molar-refractivity contribution in [3.8, 4) is 0 Å². The van der Waals surface area contributed by atoms with Crippen molar-refractivity contribution in [3.05, 3.63) is 0 Å². The van der Waals surface area contributed by atoms with Crippen molar-refractivity contribution in [1.82, 2.24) is 4.90 Å². The van der Waals surface area contributed by atoms with Crippen molar-refractivity contribution < 1.29 is 4.74 Å². The molecule has 16 heavy (non-hydrogen) atoms. The van der Waals surface area contributed by atoms with Gasteiger partial charge in [-0.3, -0.25) is 0 Å². The molecule has 0 spiro atoms. The molecule has 2 N–H and O–H groups in total. The van der Waals surface area contributed by atoms with E-state index in [-0.39, 0.29) is 0 Å². The summed E-state index contributed by atoms with van der Waals surface area (Å²) in [6.45, 7) is 7.69. The minimum absolute atomic E-state index is 0.450. The number of hydrogen-bond donors (Lipinski definition) is 1. The standard InChI is InChI=1S/C13H28N2O/c1-4-15(9-11(2)10-16-3)13-7-5-12(14)6-8-13/h11-13H,4-10,14H2,1-3H3. The van der Waals surface area contributed by atoms with Gasteiger partial charge < -0.3 is 15.4 Å². The summed E-state index contributed by atoms with van der Waals surface area (Å²) >= 11 is 0. The van der Waals surface area contributed by atoms with E-state index in [0.717, 1.165) is 25.7 Å². The first-order chi connectivity index (χ1) is 7.67. The number of nitrogens with zero attached hydrogens (tertiary/aromatic N) is 1. The molecule has 0 radical (unpaired) electrons. The van der Waals surface area contributed by atoms with Gasteiger partial charge in [0.2, 0.25) is 0 Å². The molecule has 1 saturated carbocycles. The van der Waals surface area contributed by atoms with Crippen LogP contribution in [0.4, 0.5) is 0 Å². The van der Waals surface area contributed by atoms with Crippen LogP contribution < -0.4 is 5.73 Å². The first kappa shape index (κ1) is 13.9. The van der Waals surface area contributed by atoms with Gasteiger partial charge in [0.1, 0.15) is 0 Å². The molecule has 0 aromatic rings. The highest BCUT2D eigenvalue weighted by molar-refractivity contribution is 4.81. The van der Waals surface area contributed by atoms with Gasteiger partial charge in [0, 0.05) is 32.3 Å². The third kappa shape index (κ3) is 4.40. The molecule has 0 saturated heterocycles. The second-order valence-electron chi connectivity index (χ2n) is 5.22. The smallest absolute Gasteiger partial charge is 0.0500 e. The molecule has 0 bridgehead atoms. The lowest BCUT2D eigenvalue weighted by molar-refractivity contribution is 0.0964. The van der Waals surface area contributed by atoms with Crippen LogP contribution >= 0.6 is 0 Å². The second-order valence-corrected chi connectivity index (χ2v) is 5.22. The van der Waals surface area contributed by atoms with Gasteiger partial charge in [0.05, 0.1) is 0 Å². The largest absolute Gasteiger partial charge is 0.384 e. The lowest BCUT2D eigenvalue weighted by atomic mass is 9.90. The van der Waals surface area contributed by atoms with Crippen molar-refractivity contribution in [2.75, 3.05) is 26.8 Å². The summed E-state index contributed by atoms with van der Waals surface area (Å²) in [6, 6.07) is 1.20. The minimum atomic E-state index is 0.450. The molecule has 96 valence electrons. The van der Waals surface area contributed by atoms with E-state index in [4.69, 9.17) is 10.5 Å². The van der Waals surface area contributed by atoms with Crippen molar-refractivity contribution >= 4 is 0 Å². The van der Waals surface area contributed by atoms with Crippen LogP contribution in [-0.2, 0) is 4.74 Å². The quantitative estimate of drug-likeness (QED) is 0.754. The fourth-order valence-electron chi connectivity index (χ4n) is 2.74. The molecule has 0 aromatic carbocycles. The highest BCUT2D eigenvalue weighted by Gasteiger charge is 2.24. The molecule has 0 amide bonds. The summed E-state index contributed by atoms with van der Waals surface area (Å²) in [5, 5.41) is 0. The van der Waals surface area contributed by atoms with E-state index in [1.165, 1.54) is 25.7 Å². The lowest BCUT2D eigenvalue weighted by Crippen LogP contribution is -2.43. The van der Waals surface area contributed by atoms with E-state index in [2.05, 4.69) is 18.7 Å². The number of ether oxygens (including phenoxy) is 1. The predicted molar refractivity (Wildman–Crippen MR) is 68.5 cm³/mol. The van der Waals surface area contributed by atoms with Gasteiger partial charge in [-0.05, 0) is 38.1 Å². The highest BCUT2D eigenvalue weighted by Crippen LogP contribution is 2.22. The van der Waals surface area contributed by atoms with Crippen LogP contribution in [0.2, 0.25) is 0 Å². The van der Waals surface area contributed by atoms with Gasteiger partial charge in [0.15, 0.2) is 0 Å². The molecule has 1 aliphatic rings. The molecule has 1 fully saturated rings. The first-order valence-corrected chi connectivity index (χ1v) is 6.65. The SMILES string of the molecule is CCN(CC(C)COC)C1CCC(N)CC1. The van der Waals surface area contributed by atoms with E-state index in [9.17, 15) is 0 Å². The van der Waals surface area contributed by atoms with E-state index < -0.39 is 0 Å². The Morgan fingerprint density at radius 1 is 1.31 bits per heavy atom. The average molecular weight is 228 g/mol. The average Bonchev–Trinajstić information content (AvgIpc) is 2.27. The topological polar surface area (TPSA) is 38.5 Å². The molecule has 3 nitrogen and oxygen atoms in total. The Morgan fingerprint density at radius 3 is 2.44 bits per heavy atom. The van der Waals surface area contributed by atoms with Gasteiger partial charge in [-0.2, -0.15) is 0 Å². The van der Waals surface area contributed by atoms with Crippen LogP contribution in [0.1, 0.15) is 39.5 Å². The zero-order valence-corrected chi connectivity index (χ0v) is 11.1. The number of hydrogen-bond acceptors (Lipinski definition) is 3. The second kappa shape index (κ2) is 7.25. The molecular weight excluding hydrogens is 200 g/mol. The van der Waals surface area contributed by atoms with Crippen LogP contribution in [-0.4, -0.2) is 43.8 Å². The monoisotopic (exact) mass is 228 g/mol. The van der Waals surface area contributed by atoms with Gasteiger partial charge in [-0.1, -0.05) is 13.8 Å². The molecule has 1 rings (SSSR count). The molecule has 1 atom stereocenters. The maximum absolute atomic E-state index is 5.95. The Hall–Kier alpha value is -0.120. The Labute approximate surface area is 100 Å². The van der Waals surface area contributed by atoms with Crippen LogP contribution in [0.3, 0.4) is 0 Å².